The Kier molecular flexibility index (Phi) is 4.56. The molecule has 2 aromatic heterocycles. The lowest BCUT2D eigenvalue weighted by atomic mass is 10.2. The topological polar surface area (TPSA) is 89.9 Å². The summed E-state index contributed by atoms with van der Waals surface area (Å²) in [7, 11) is 0. The third-order valence-corrected chi connectivity index (χ3v) is 5.57. The average Bonchev–Trinajstić information content (AvgIpc) is 3.42. The highest BCUT2D eigenvalue weighted by atomic mass is 35.5. The van der Waals surface area contributed by atoms with Crippen LogP contribution < -0.4 is 14.4 Å². The summed E-state index contributed by atoms with van der Waals surface area (Å²) < 4.78 is 21.5. The van der Waals surface area contributed by atoms with Crippen LogP contribution in [0.1, 0.15) is 17.1 Å². The van der Waals surface area contributed by atoms with Crippen LogP contribution in [-0.4, -0.2) is 53.2 Å². The van der Waals surface area contributed by atoms with Gasteiger partial charge in [0.05, 0.1) is 16.3 Å². The summed E-state index contributed by atoms with van der Waals surface area (Å²) >= 11 is 6.40. The molecular weight excluding hydrogens is 398 g/mol. The number of fused-ring (bicyclic) bond motifs is 1. The molecule has 10 heteroatoms. The quantitative estimate of drug-likeness (QED) is 0.635. The second-order valence-electron chi connectivity index (χ2n) is 7.14. The second kappa shape index (κ2) is 7.23. The van der Waals surface area contributed by atoms with E-state index in [9.17, 15) is 0 Å². The van der Waals surface area contributed by atoms with E-state index in [-0.39, 0.29) is 6.79 Å². The summed E-state index contributed by atoms with van der Waals surface area (Å²) in [5.41, 5.74) is 2.42. The van der Waals surface area contributed by atoms with E-state index in [1.54, 1.807) is 6.07 Å². The Hall–Kier alpha value is -2.78. The van der Waals surface area contributed by atoms with Crippen LogP contribution in [0.3, 0.4) is 0 Å². The molecule has 152 valence electrons. The third kappa shape index (κ3) is 3.40. The van der Waals surface area contributed by atoms with Crippen molar-refractivity contribution in [2.45, 2.75) is 20.4 Å². The molecule has 0 spiro atoms. The van der Waals surface area contributed by atoms with Gasteiger partial charge in [-0.25, -0.2) is 9.61 Å². The van der Waals surface area contributed by atoms with Crippen LogP contribution in [0.4, 0.5) is 5.82 Å². The number of rotatable bonds is 4. The number of anilines is 1. The first kappa shape index (κ1) is 18.3. The number of aryl methyl sites for hydroxylation is 2. The van der Waals surface area contributed by atoms with Gasteiger partial charge in [-0.3, -0.25) is 4.90 Å². The Balaban J connectivity index is 1.29. The molecule has 1 fully saturated rings. The van der Waals surface area contributed by atoms with Gasteiger partial charge in [0.2, 0.25) is 12.7 Å². The number of halogens is 1. The number of aromatic nitrogens is 3. The van der Waals surface area contributed by atoms with Gasteiger partial charge in [-0.2, -0.15) is 0 Å². The first-order valence-corrected chi connectivity index (χ1v) is 9.78. The van der Waals surface area contributed by atoms with E-state index in [0.717, 1.165) is 49.1 Å². The number of oxazole rings is 1. The summed E-state index contributed by atoms with van der Waals surface area (Å²) in [6, 6.07) is 3.55. The van der Waals surface area contributed by atoms with Crippen molar-refractivity contribution in [3.05, 3.63) is 34.3 Å². The minimum atomic E-state index is 0.195. The van der Waals surface area contributed by atoms with Crippen molar-refractivity contribution in [2.75, 3.05) is 37.9 Å². The standard InChI is InChI=1S/C19H20ClN5O4/c1-11-18(23-29-22-11)25-5-3-24(4-6-25)9-15-12(2)28-19(21-15)13-7-16-17(8-14(13)20)27-10-26-16/h7-8H,3-6,9-10H2,1-2H3. The van der Waals surface area contributed by atoms with Gasteiger partial charge in [-0.1, -0.05) is 16.8 Å². The molecule has 0 saturated carbocycles. The zero-order valence-corrected chi connectivity index (χ0v) is 16.9. The SMILES string of the molecule is Cc1nonc1N1CCN(Cc2nc(-c3cc4c(cc3Cl)OCO4)oc2C)CC1. The normalized spacial score (nSPS) is 16.6. The molecule has 0 amide bonds. The van der Waals surface area contributed by atoms with Gasteiger partial charge < -0.3 is 18.8 Å². The van der Waals surface area contributed by atoms with Crippen LogP contribution in [0, 0.1) is 13.8 Å². The Bertz CT molecular complexity index is 1040. The molecule has 0 bridgehead atoms. The molecule has 2 aliphatic heterocycles. The zero-order valence-electron chi connectivity index (χ0n) is 16.1. The fourth-order valence-corrected chi connectivity index (χ4v) is 3.85. The lowest BCUT2D eigenvalue weighted by Gasteiger charge is -2.34. The molecule has 0 unspecified atom stereocenters. The van der Waals surface area contributed by atoms with Gasteiger partial charge in [0, 0.05) is 38.8 Å². The van der Waals surface area contributed by atoms with E-state index in [1.165, 1.54) is 0 Å². The Labute approximate surface area is 172 Å². The largest absolute Gasteiger partial charge is 0.454 e. The summed E-state index contributed by atoms with van der Waals surface area (Å²) in [4.78, 5) is 9.24. The highest BCUT2D eigenvalue weighted by Gasteiger charge is 2.24. The number of hydrogen-bond donors (Lipinski definition) is 0. The van der Waals surface area contributed by atoms with Crippen molar-refractivity contribution >= 4 is 17.4 Å². The van der Waals surface area contributed by atoms with E-state index >= 15 is 0 Å². The fraction of sp³-hybridized carbons (Fsp3) is 0.421. The smallest absolute Gasteiger partial charge is 0.231 e. The molecule has 5 rings (SSSR count). The minimum absolute atomic E-state index is 0.195. The van der Waals surface area contributed by atoms with Crippen molar-refractivity contribution in [2.24, 2.45) is 0 Å². The third-order valence-electron chi connectivity index (χ3n) is 5.26. The second-order valence-corrected chi connectivity index (χ2v) is 7.55. The predicted molar refractivity (Wildman–Crippen MR) is 104 cm³/mol. The zero-order chi connectivity index (χ0) is 20.0. The number of ether oxygens (including phenoxy) is 2. The lowest BCUT2D eigenvalue weighted by Crippen LogP contribution is -2.46. The number of piperazine rings is 1. The van der Waals surface area contributed by atoms with Gasteiger partial charge in [0.15, 0.2) is 17.3 Å². The Morgan fingerprint density at radius 3 is 2.52 bits per heavy atom. The van der Waals surface area contributed by atoms with E-state index in [4.69, 9.17) is 35.1 Å². The summed E-state index contributed by atoms with van der Waals surface area (Å²) in [5, 5.41) is 8.37. The molecule has 0 atom stereocenters. The Morgan fingerprint density at radius 2 is 1.79 bits per heavy atom. The number of hydrogen-bond acceptors (Lipinski definition) is 9. The van der Waals surface area contributed by atoms with Gasteiger partial charge in [-0.15, -0.1) is 0 Å². The molecule has 4 heterocycles. The molecule has 2 aliphatic rings. The number of benzene rings is 1. The lowest BCUT2D eigenvalue weighted by molar-refractivity contribution is 0.174. The van der Waals surface area contributed by atoms with Gasteiger partial charge in [-0.05, 0) is 25.1 Å². The van der Waals surface area contributed by atoms with Gasteiger partial charge in [0.1, 0.15) is 11.5 Å². The van der Waals surface area contributed by atoms with Crippen molar-refractivity contribution in [1.29, 1.82) is 0 Å². The summed E-state index contributed by atoms with van der Waals surface area (Å²) in [6.45, 7) is 8.21. The van der Waals surface area contributed by atoms with E-state index in [0.29, 0.717) is 34.5 Å². The molecule has 0 aliphatic carbocycles. The molecule has 3 aromatic rings. The van der Waals surface area contributed by atoms with Crippen LogP contribution in [0.2, 0.25) is 5.02 Å². The minimum Gasteiger partial charge on any atom is -0.454 e. The maximum atomic E-state index is 6.40. The highest BCUT2D eigenvalue weighted by molar-refractivity contribution is 6.33. The maximum Gasteiger partial charge on any atom is 0.231 e. The average molecular weight is 418 g/mol. The van der Waals surface area contributed by atoms with Crippen molar-refractivity contribution in [3.63, 3.8) is 0 Å². The van der Waals surface area contributed by atoms with Crippen LogP contribution in [0.25, 0.3) is 11.5 Å². The molecule has 0 radical (unpaired) electrons. The maximum absolute atomic E-state index is 6.40. The van der Waals surface area contributed by atoms with Crippen LogP contribution in [-0.2, 0) is 6.54 Å². The monoisotopic (exact) mass is 417 g/mol. The molecule has 0 N–H and O–H groups in total. The van der Waals surface area contributed by atoms with E-state index in [2.05, 4.69) is 20.1 Å². The first-order valence-electron chi connectivity index (χ1n) is 9.41. The van der Waals surface area contributed by atoms with Crippen molar-refractivity contribution in [3.8, 4) is 23.0 Å². The van der Waals surface area contributed by atoms with Gasteiger partial charge >= 0.3 is 0 Å². The molecule has 1 aromatic carbocycles. The Morgan fingerprint density at radius 1 is 1.03 bits per heavy atom. The molecule has 1 saturated heterocycles. The summed E-state index contributed by atoms with van der Waals surface area (Å²) in [5.74, 6) is 3.38. The number of nitrogens with zero attached hydrogens (tertiary/aromatic N) is 5. The molecule has 29 heavy (non-hydrogen) atoms. The highest BCUT2D eigenvalue weighted by Crippen LogP contribution is 2.41. The van der Waals surface area contributed by atoms with Crippen molar-refractivity contribution in [1.82, 2.24) is 20.2 Å². The van der Waals surface area contributed by atoms with Crippen LogP contribution in [0.15, 0.2) is 21.2 Å². The van der Waals surface area contributed by atoms with E-state index < -0.39 is 0 Å². The first-order chi connectivity index (χ1) is 14.1. The summed E-state index contributed by atoms with van der Waals surface area (Å²) in [6.07, 6.45) is 0. The van der Waals surface area contributed by atoms with E-state index in [1.807, 2.05) is 19.9 Å². The van der Waals surface area contributed by atoms with Crippen LogP contribution >= 0.6 is 11.6 Å². The van der Waals surface area contributed by atoms with Crippen molar-refractivity contribution < 1.29 is 18.5 Å². The molecule has 9 nitrogen and oxygen atoms in total. The van der Waals surface area contributed by atoms with Crippen LogP contribution in [0.5, 0.6) is 11.5 Å². The fourth-order valence-electron chi connectivity index (χ4n) is 3.61. The van der Waals surface area contributed by atoms with Gasteiger partial charge in [0.25, 0.3) is 0 Å². The molecular formula is C19H20ClN5O4. The predicted octanol–water partition coefficient (Wildman–Crippen LogP) is 3.05.